The highest BCUT2D eigenvalue weighted by molar-refractivity contribution is 7.98. The van der Waals surface area contributed by atoms with Crippen LogP contribution in [0.15, 0.2) is 40.7 Å². The number of nitrogens with zero attached hydrogens (tertiary/aromatic N) is 1. The standard InChI is InChI=1S/C16H16N2S2/c1-10-5-11(2)7-12(6-10)8-19-13-3-4-14-16(15(13)17)18-9-20-14/h3-7,9H,8,17H2,1-2H3. The van der Waals surface area contributed by atoms with E-state index in [2.05, 4.69) is 49.2 Å². The van der Waals surface area contributed by atoms with Crippen molar-refractivity contribution < 1.29 is 0 Å². The zero-order valence-corrected chi connectivity index (χ0v) is 13.1. The monoisotopic (exact) mass is 300 g/mol. The number of rotatable bonds is 3. The molecule has 2 nitrogen and oxygen atoms in total. The van der Waals surface area contributed by atoms with Gasteiger partial charge in [-0.25, -0.2) is 4.98 Å². The van der Waals surface area contributed by atoms with E-state index in [0.717, 1.165) is 26.6 Å². The van der Waals surface area contributed by atoms with Crippen molar-refractivity contribution in [1.82, 2.24) is 4.98 Å². The Balaban J connectivity index is 1.84. The minimum absolute atomic E-state index is 0.804. The van der Waals surface area contributed by atoms with E-state index in [-0.39, 0.29) is 0 Å². The van der Waals surface area contributed by atoms with Crippen molar-refractivity contribution in [2.24, 2.45) is 0 Å². The van der Waals surface area contributed by atoms with Gasteiger partial charge in [-0.05, 0) is 31.5 Å². The Morgan fingerprint density at radius 1 is 1.15 bits per heavy atom. The number of nitrogens with two attached hydrogens (primary N) is 1. The number of benzene rings is 2. The van der Waals surface area contributed by atoms with Gasteiger partial charge < -0.3 is 5.73 Å². The average Bonchev–Trinajstić information content (AvgIpc) is 2.86. The van der Waals surface area contributed by atoms with E-state index in [1.54, 1.807) is 23.1 Å². The van der Waals surface area contributed by atoms with Gasteiger partial charge in [-0.15, -0.1) is 23.1 Å². The first kappa shape index (κ1) is 13.5. The molecule has 0 aliphatic heterocycles. The van der Waals surface area contributed by atoms with Gasteiger partial charge in [-0.3, -0.25) is 0 Å². The molecule has 0 saturated carbocycles. The van der Waals surface area contributed by atoms with Gasteiger partial charge in [0.2, 0.25) is 0 Å². The van der Waals surface area contributed by atoms with Crippen molar-refractivity contribution in [3.8, 4) is 0 Å². The molecular weight excluding hydrogens is 284 g/mol. The maximum absolute atomic E-state index is 6.21. The second-order valence-corrected chi connectivity index (χ2v) is 6.86. The highest BCUT2D eigenvalue weighted by Crippen LogP contribution is 2.34. The Labute approximate surface area is 127 Å². The maximum Gasteiger partial charge on any atom is 0.105 e. The minimum atomic E-state index is 0.804. The number of anilines is 1. The molecule has 0 amide bonds. The second-order valence-electron chi connectivity index (χ2n) is 4.96. The predicted octanol–water partition coefficient (Wildman–Crippen LogP) is 4.79. The van der Waals surface area contributed by atoms with E-state index >= 15 is 0 Å². The van der Waals surface area contributed by atoms with Crippen molar-refractivity contribution in [1.29, 1.82) is 0 Å². The molecule has 0 bridgehead atoms. The lowest BCUT2D eigenvalue weighted by atomic mass is 10.1. The topological polar surface area (TPSA) is 38.9 Å². The Morgan fingerprint density at radius 3 is 2.65 bits per heavy atom. The molecule has 20 heavy (non-hydrogen) atoms. The molecule has 0 atom stereocenters. The van der Waals surface area contributed by atoms with Crippen LogP contribution >= 0.6 is 23.1 Å². The second kappa shape index (κ2) is 5.46. The van der Waals surface area contributed by atoms with Gasteiger partial charge in [0.1, 0.15) is 5.52 Å². The lowest BCUT2D eigenvalue weighted by Gasteiger charge is -2.07. The van der Waals surface area contributed by atoms with E-state index in [4.69, 9.17) is 5.73 Å². The van der Waals surface area contributed by atoms with Crippen molar-refractivity contribution >= 4 is 39.0 Å². The van der Waals surface area contributed by atoms with Crippen molar-refractivity contribution in [3.05, 3.63) is 52.5 Å². The van der Waals surface area contributed by atoms with Gasteiger partial charge in [-0.1, -0.05) is 29.3 Å². The van der Waals surface area contributed by atoms with Crippen LogP contribution in [-0.2, 0) is 5.75 Å². The Hall–Kier alpha value is -1.52. The molecule has 0 saturated heterocycles. The zero-order valence-electron chi connectivity index (χ0n) is 11.5. The predicted molar refractivity (Wildman–Crippen MR) is 89.5 cm³/mol. The van der Waals surface area contributed by atoms with Crippen LogP contribution in [0, 0.1) is 13.8 Å². The fraction of sp³-hybridized carbons (Fsp3) is 0.188. The van der Waals surface area contributed by atoms with E-state index in [1.165, 1.54) is 16.7 Å². The van der Waals surface area contributed by atoms with Crippen LogP contribution in [0.5, 0.6) is 0 Å². The maximum atomic E-state index is 6.21. The molecule has 102 valence electrons. The number of hydrogen-bond acceptors (Lipinski definition) is 4. The Kier molecular flexibility index (Phi) is 3.68. The van der Waals surface area contributed by atoms with Gasteiger partial charge >= 0.3 is 0 Å². The van der Waals surface area contributed by atoms with Crippen LogP contribution in [0.4, 0.5) is 5.69 Å². The van der Waals surface area contributed by atoms with Crippen molar-refractivity contribution in [2.75, 3.05) is 5.73 Å². The summed E-state index contributed by atoms with van der Waals surface area (Å²) < 4.78 is 1.15. The lowest BCUT2D eigenvalue weighted by molar-refractivity contribution is 1.30. The van der Waals surface area contributed by atoms with Gasteiger partial charge in [0.25, 0.3) is 0 Å². The summed E-state index contributed by atoms with van der Waals surface area (Å²) in [5, 5.41) is 0. The number of thiazole rings is 1. The largest absolute Gasteiger partial charge is 0.396 e. The van der Waals surface area contributed by atoms with Crippen LogP contribution in [0.1, 0.15) is 16.7 Å². The Morgan fingerprint density at radius 2 is 1.90 bits per heavy atom. The number of nitrogen functional groups attached to an aromatic ring is 1. The summed E-state index contributed by atoms with van der Waals surface area (Å²) in [7, 11) is 0. The van der Waals surface area contributed by atoms with E-state index < -0.39 is 0 Å². The third kappa shape index (κ3) is 2.67. The molecule has 1 heterocycles. The summed E-state index contributed by atoms with van der Waals surface area (Å²) in [6, 6.07) is 10.9. The average molecular weight is 300 g/mol. The summed E-state index contributed by atoms with van der Waals surface area (Å²) in [5.41, 5.74) is 13.7. The zero-order chi connectivity index (χ0) is 14.1. The molecule has 3 rings (SSSR count). The molecule has 0 unspecified atom stereocenters. The molecule has 3 aromatic rings. The number of aromatic nitrogens is 1. The first-order valence-electron chi connectivity index (χ1n) is 6.45. The molecule has 0 aliphatic rings. The smallest absolute Gasteiger partial charge is 0.105 e. The summed E-state index contributed by atoms with van der Waals surface area (Å²) in [5.74, 6) is 0.933. The molecule has 0 radical (unpaired) electrons. The van der Waals surface area contributed by atoms with Crippen LogP contribution in [0.25, 0.3) is 10.2 Å². The van der Waals surface area contributed by atoms with Crippen LogP contribution in [0.3, 0.4) is 0 Å². The highest BCUT2D eigenvalue weighted by Gasteiger charge is 2.07. The number of aryl methyl sites for hydroxylation is 2. The third-order valence-electron chi connectivity index (χ3n) is 3.18. The first-order valence-corrected chi connectivity index (χ1v) is 8.31. The van der Waals surface area contributed by atoms with Crippen molar-refractivity contribution in [3.63, 3.8) is 0 Å². The molecular formula is C16H16N2S2. The molecule has 1 aromatic heterocycles. The SMILES string of the molecule is Cc1cc(C)cc(CSc2ccc3scnc3c2N)c1. The lowest BCUT2D eigenvalue weighted by Crippen LogP contribution is -1.91. The van der Waals surface area contributed by atoms with Crippen LogP contribution < -0.4 is 5.73 Å². The summed E-state index contributed by atoms with van der Waals surface area (Å²) in [6.07, 6.45) is 0. The van der Waals surface area contributed by atoms with E-state index in [1.807, 2.05) is 5.51 Å². The number of thioether (sulfide) groups is 1. The minimum Gasteiger partial charge on any atom is -0.396 e. The fourth-order valence-corrected chi connectivity index (χ4v) is 3.97. The summed E-state index contributed by atoms with van der Waals surface area (Å²) in [4.78, 5) is 5.46. The molecule has 2 aromatic carbocycles. The third-order valence-corrected chi connectivity index (χ3v) is 5.12. The van der Waals surface area contributed by atoms with Gasteiger partial charge in [0.15, 0.2) is 0 Å². The number of fused-ring (bicyclic) bond motifs is 1. The van der Waals surface area contributed by atoms with E-state index in [0.29, 0.717) is 0 Å². The normalized spacial score (nSPS) is 11.1. The highest BCUT2D eigenvalue weighted by atomic mass is 32.2. The molecule has 0 fully saturated rings. The summed E-state index contributed by atoms with van der Waals surface area (Å²) in [6.45, 7) is 4.27. The number of hydrogen-bond donors (Lipinski definition) is 1. The molecule has 4 heteroatoms. The van der Waals surface area contributed by atoms with Crippen molar-refractivity contribution in [2.45, 2.75) is 24.5 Å². The van der Waals surface area contributed by atoms with Gasteiger partial charge in [0, 0.05) is 10.6 Å². The Bertz CT molecular complexity index is 742. The van der Waals surface area contributed by atoms with E-state index in [9.17, 15) is 0 Å². The molecule has 0 spiro atoms. The van der Waals surface area contributed by atoms with Crippen LogP contribution in [0.2, 0.25) is 0 Å². The summed E-state index contributed by atoms with van der Waals surface area (Å²) >= 11 is 3.40. The molecule has 2 N–H and O–H groups in total. The quantitative estimate of drug-likeness (QED) is 0.558. The molecule has 0 aliphatic carbocycles. The van der Waals surface area contributed by atoms with Gasteiger partial charge in [0.05, 0.1) is 15.9 Å². The fourth-order valence-electron chi connectivity index (χ4n) is 2.37. The first-order chi connectivity index (χ1) is 9.63. The van der Waals surface area contributed by atoms with Crippen LogP contribution in [-0.4, -0.2) is 4.98 Å². The van der Waals surface area contributed by atoms with Gasteiger partial charge in [-0.2, -0.15) is 0 Å².